The number of hydrogen-bond donors (Lipinski definition) is 1. The molecule has 0 aliphatic rings. The van der Waals surface area contributed by atoms with Gasteiger partial charge in [0.05, 0.1) is 19.2 Å². The zero-order chi connectivity index (χ0) is 10.8. The minimum absolute atomic E-state index is 0.0767. The highest BCUT2D eigenvalue weighted by atomic mass is 19.1. The van der Waals surface area contributed by atoms with Crippen LogP contribution in [0, 0.1) is 0 Å². The SMILES string of the molecule is CC(C)(F)Cn1cc(CC(=O)O)cn1. The smallest absolute Gasteiger partial charge is 0.307 e. The summed E-state index contributed by atoms with van der Waals surface area (Å²) in [4.78, 5) is 10.4. The Balaban J connectivity index is 2.64. The van der Waals surface area contributed by atoms with Crippen molar-refractivity contribution in [3.63, 3.8) is 0 Å². The van der Waals surface area contributed by atoms with E-state index in [0.29, 0.717) is 5.56 Å². The molecule has 1 aromatic rings. The lowest BCUT2D eigenvalue weighted by Gasteiger charge is -2.13. The van der Waals surface area contributed by atoms with Gasteiger partial charge in [-0.1, -0.05) is 0 Å². The fraction of sp³-hybridized carbons (Fsp3) is 0.556. The molecule has 78 valence electrons. The number of carboxylic acids is 1. The van der Waals surface area contributed by atoms with Crippen molar-refractivity contribution in [3.8, 4) is 0 Å². The third-order valence-corrected chi connectivity index (χ3v) is 1.58. The van der Waals surface area contributed by atoms with Gasteiger partial charge in [0.25, 0.3) is 0 Å². The summed E-state index contributed by atoms with van der Waals surface area (Å²) in [6, 6.07) is 0. The molecule has 0 aliphatic heterocycles. The molecule has 0 atom stereocenters. The Morgan fingerprint density at radius 3 is 2.86 bits per heavy atom. The van der Waals surface area contributed by atoms with E-state index in [2.05, 4.69) is 5.10 Å². The first-order valence-corrected chi connectivity index (χ1v) is 4.29. The largest absolute Gasteiger partial charge is 0.481 e. The van der Waals surface area contributed by atoms with Gasteiger partial charge in [0.15, 0.2) is 0 Å². The molecular weight excluding hydrogens is 187 g/mol. The molecule has 0 unspecified atom stereocenters. The summed E-state index contributed by atoms with van der Waals surface area (Å²) in [6.45, 7) is 3.03. The topological polar surface area (TPSA) is 55.1 Å². The van der Waals surface area contributed by atoms with Crippen molar-refractivity contribution in [2.45, 2.75) is 32.5 Å². The van der Waals surface area contributed by atoms with Crippen molar-refractivity contribution < 1.29 is 14.3 Å². The summed E-state index contributed by atoms with van der Waals surface area (Å²) in [5.41, 5.74) is -0.756. The quantitative estimate of drug-likeness (QED) is 0.796. The average Bonchev–Trinajstić information content (AvgIpc) is 2.30. The fourth-order valence-electron chi connectivity index (χ4n) is 1.14. The van der Waals surface area contributed by atoms with Gasteiger partial charge in [0.2, 0.25) is 0 Å². The average molecular weight is 200 g/mol. The zero-order valence-electron chi connectivity index (χ0n) is 8.20. The van der Waals surface area contributed by atoms with Crippen LogP contribution < -0.4 is 0 Å². The van der Waals surface area contributed by atoms with Crippen LogP contribution in [0.4, 0.5) is 4.39 Å². The predicted octanol–water partition coefficient (Wildman–Crippen LogP) is 1.26. The molecule has 0 bridgehead atoms. The molecular formula is C9H13FN2O2. The number of aromatic nitrogens is 2. The molecule has 0 aromatic carbocycles. The number of nitrogens with zero attached hydrogens (tertiary/aromatic N) is 2. The molecule has 1 N–H and O–H groups in total. The van der Waals surface area contributed by atoms with Crippen LogP contribution in [0.1, 0.15) is 19.4 Å². The highest BCUT2D eigenvalue weighted by Crippen LogP contribution is 2.11. The van der Waals surface area contributed by atoms with Gasteiger partial charge < -0.3 is 5.11 Å². The van der Waals surface area contributed by atoms with E-state index >= 15 is 0 Å². The van der Waals surface area contributed by atoms with Gasteiger partial charge in [0.1, 0.15) is 5.67 Å². The minimum atomic E-state index is -1.34. The van der Waals surface area contributed by atoms with Crippen LogP contribution in [-0.2, 0) is 17.8 Å². The van der Waals surface area contributed by atoms with E-state index in [4.69, 9.17) is 5.11 Å². The zero-order valence-corrected chi connectivity index (χ0v) is 8.20. The molecule has 5 heteroatoms. The van der Waals surface area contributed by atoms with Crippen LogP contribution in [0.2, 0.25) is 0 Å². The Hall–Kier alpha value is -1.39. The molecule has 0 fully saturated rings. The molecule has 0 saturated heterocycles. The number of alkyl halides is 1. The maximum absolute atomic E-state index is 13.2. The van der Waals surface area contributed by atoms with Gasteiger partial charge in [0, 0.05) is 11.8 Å². The second-order valence-electron chi connectivity index (χ2n) is 3.84. The van der Waals surface area contributed by atoms with Gasteiger partial charge in [-0.15, -0.1) is 0 Å². The Morgan fingerprint density at radius 1 is 1.71 bits per heavy atom. The van der Waals surface area contributed by atoms with E-state index in [1.54, 1.807) is 6.20 Å². The lowest BCUT2D eigenvalue weighted by Crippen LogP contribution is -2.21. The van der Waals surface area contributed by atoms with Gasteiger partial charge in [-0.2, -0.15) is 5.10 Å². The molecule has 14 heavy (non-hydrogen) atoms. The molecule has 1 heterocycles. The summed E-state index contributed by atoms with van der Waals surface area (Å²) >= 11 is 0. The lowest BCUT2D eigenvalue weighted by molar-refractivity contribution is -0.136. The molecule has 0 saturated carbocycles. The number of halogens is 1. The number of hydrogen-bond acceptors (Lipinski definition) is 2. The van der Waals surface area contributed by atoms with Crippen molar-refractivity contribution in [2.75, 3.05) is 0 Å². The lowest BCUT2D eigenvalue weighted by atomic mass is 10.2. The first kappa shape index (κ1) is 10.7. The maximum Gasteiger partial charge on any atom is 0.307 e. The molecule has 0 spiro atoms. The highest BCUT2D eigenvalue weighted by Gasteiger charge is 2.17. The molecule has 1 aromatic heterocycles. The Morgan fingerprint density at radius 2 is 2.36 bits per heavy atom. The van der Waals surface area contributed by atoms with E-state index in [9.17, 15) is 9.18 Å². The Kier molecular flexibility index (Phi) is 2.88. The Bertz CT molecular complexity index is 328. The van der Waals surface area contributed by atoms with Gasteiger partial charge in [-0.3, -0.25) is 9.48 Å². The van der Waals surface area contributed by atoms with Crippen LogP contribution in [0.5, 0.6) is 0 Å². The summed E-state index contributed by atoms with van der Waals surface area (Å²) in [5, 5.41) is 12.4. The van der Waals surface area contributed by atoms with Crippen LogP contribution in [-0.4, -0.2) is 26.5 Å². The molecule has 4 nitrogen and oxygen atoms in total. The van der Waals surface area contributed by atoms with Crippen LogP contribution >= 0.6 is 0 Å². The highest BCUT2D eigenvalue weighted by molar-refractivity contribution is 5.69. The second-order valence-corrected chi connectivity index (χ2v) is 3.84. The number of aliphatic carboxylic acids is 1. The normalized spacial score (nSPS) is 11.6. The van der Waals surface area contributed by atoms with Gasteiger partial charge in [-0.05, 0) is 13.8 Å². The van der Waals surface area contributed by atoms with Crippen LogP contribution in [0.25, 0.3) is 0 Å². The van der Waals surface area contributed by atoms with Gasteiger partial charge >= 0.3 is 5.97 Å². The van der Waals surface area contributed by atoms with Crippen molar-refractivity contribution in [1.82, 2.24) is 9.78 Å². The van der Waals surface area contributed by atoms with E-state index in [0.717, 1.165) is 0 Å². The molecule has 0 aliphatic carbocycles. The summed E-state index contributed by atoms with van der Waals surface area (Å²) < 4.78 is 14.6. The minimum Gasteiger partial charge on any atom is -0.481 e. The third kappa shape index (κ3) is 3.55. The second kappa shape index (κ2) is 3.77. The molecule has 1 rings (SSSR count). The van der Waals surface area contributed by atoms with E-state index < -0.39 is 11.6 Å². The number of rotatable bonds is 4. The molecule has 0 radical (unpaired) electrons. The monoisotopic (exact) mass is 200 g/mol. The van der Waals surface area contributed by atoms with Crippen LogP contribution in [0.15, 0.2) is 12.4 Å². The predicted molar refractivity (Wildman–Crippen MR) is 48.8 cm³/mol. The standard InChI is InChI=1S/C9H13FN2O2/c1-9(2,10)6-12-5-7(4-11-12)3-8(13)14/h4-5H,3,6H2,1-2H3,(H,13,14). The van der Waals surface area contributed by atoms with Crippen molar-refractivity contribution in [3.05, 3.63) is 18.0 Å². The summed E-state index contributed by atoms with van der Waals surface area (Å²) in [6.07, 6.45) is 2.92. The number of carbonyl (C=O) groups is 1. The fourth-order valence-corrected chi connectivity index (χ4v) is 1.14. The van der Waals surface area contributed by atoms with Gasteiger partial charge in [-0.25, -0.2) is 4.39 Å². The maximum atomic E-state index is 13.2. The Labute approximate surface area is 81.3 Å². The van der Waals surface area contributed by atoms with Crippen LogP contribution in [0.3, 0.4) is 0 Å². The first-order valence-electron chi connectivity index (χ1n) is 4.29. The van der Waals surface area contributed by atoms with Crippen molar-refractivity contribution in [2.24, 2.45) is 0 Å². The first-order chi connectivity index (χ1) is 6.37. The van der Waals surface area contributed by atoms with E-state index in [1.807, 2.05) is 0 Å². The van der Waals surface area contributed by atoms with E-state index in [1.165, 1.54) is 24.7 Å². The third-order valence-electron chi connectivity index (χ3n) is 1.58. The van der Waals surface area contributed by atoms with Crippen molar-refractivity contribution in [1.29, 1.82) is 0 Å². The molecule has 0 amide bonds. The van der Waals surface area contributed by atoms with Crippen molar-refractivity contribution >= 4 is 5.97 Å². The summed E-state index contributed by atoms with van der Waals surface area (Å²) in [7, 11) is 0. The van der Waals surface area contributed by atoms with E-state index in [-0.39, 0.29) is 13.0 Å². The number of carboxylic acid groups (broad SMARTS) is 1. The summed E-state index contributed by atoms with van der Waals surface area (Å²) in [5.74, 6) is -0.913.